The van der Waals surface area contributed by atoms with Crippen LogP contribution in [0.3, 0.4) is 0 Å². The van der Waals surface area contributed by atoms with E-state index >= 15 is 0 Å². The van der Waals surface area contributed by atoms with Crippen LogP contribution in [0.5, 0.6) is 0 Å². The van der Waals surface area contributed by atoms with Gasteiger partial charge in [-0.25, -0.2) is 0 Å². The van der Waals surface area contributed by atoms with Crippen molar-refractivity contribution in [1.29, 1.82) is 0 Å². The molecule has 0 amide bonds. The second-order valence-corrected chi connectivity index (χ2v) is 3.82. The van der Waals surface area contributed by atoms with Gasteiger partial charge in [-0.15, -0.1) is 0 Å². The molecule has 0 spiro atoms. The van der Waals surface area contributed by atoms with Crippen LogP contribution in [0.4, 0.5) is 0 Å². The third kappa shape index (κ3) is 2.35. The van der Waals surface area contributed by atoms with E-state index in [9.17, 15) is 0 Å². The summed E-state index contributed by atoms with van der Waals surface area (Å²) in [6.07, 6.45) is 10.0. The molecule has 0 heteroatoms. The molecule has 1 atom stereocenters. The lowest BCUT2D eigenvalue weighted by Crippen LogP contribution is -2.02. The fraction of sp³-hybridized carbons (Fsp3) is 0.214. The third-order valence-corrected chi connectivity index (χ3v) is 2.51. The van der Waals surface area contributed by atoms with Gasteiger partial charge in [0.1, 0.15) is 0 Å². The summed E-state index contributed by atoms with van der Waals surface area (Å²) in [6.45, 7) is 2.15. The van der Waals surface area contributed by atoms with E-state index in [1.807, 2.05) is 0 Å². The first kappa shape index (κ1) is 9.26. The predicted octanol–water partition coefficient (Wildman–Crippen LogP) is 3.57. The third-order valence-electron chi connectivity index (χ3n) is 2.51. The lowest BCUT2D eigenvalue weighted by molar-refractivity contribution is 0.790. The molecule has 0 bridgehead atoms. The highest BCUT2D eigenvalue weighted by molar-refractivity contribution is 5.29. The molecular formula is C14H15. The van der Waals surface area contributed by atoms with Crippen LogP contribution in [0.2, 0.25) is 0 Å². The van der Waals surface area contributed by atoms with Crippen LogP contribution in [-0.2, 0) is 6.42 Å². The van der Waals surface area contributed by atoms with Crippen molar-refractivity contribution in [2.75, 3.05) is 0 Å². The van der Waals surface area contributed by atoms with Gasteiger partial charge >= 0.3 is 0 Å². The van der Waals surface area contributed by atoms with Crippen molar-refractivity contribution < 1.29 is 0 Å². The SMILES string of the molecule is CC1=CC(Cc2ccccc2)C=C[CH]1. The fourth-order valence-electron chi connectivity index (χ4n) is 1.81. The minimum absolute atomic E-state index is 0.572. The van der Waals surface area contributed by atoms with Crippen LogP contribution >= 0.6 is 0 Å². The summed E-state index contributed by atoms with van der Waals surface area (Å²) in [4.78, 5) is 0. The van der Waals surface area contributed by atoms with Crippen LogP contribution in [0, 0.1) is 12.3 Å². The lowest BCUT2D eigenvalue weighted by Gasteiger charge is -2.13. The highest BCUT2D eigenvalue weighted by atomic mass is 14.1. The molecule has 1 aromatic rings. The molecular weight excluding hydrogens is 168 g/mol. The Balaban J connectivity index is 2.05. The van der Waals surface area contributed by atoms with E-state index in [1.54, 1.807) is 0 Å². The highest BCUT2D eigenvalue weighted by Gasteiger charge is 2.06. The van der Waals surface area contributed by atoms with Crippen molar-refractivity contribution in [2.45, 2.75) is 13.3 Å². The number of hydrogen-bond donors (Lipinski definition) is 0. The zero-order valence-electron chi connectivity index (χ0n) is 8.48. The molecule has 2 rings (SSSR count). The van der Waals surface area contributed by atoms with Crippen molar-refractivity contribution in [1.82, 2.24) is 0 Å². The first-order valence-electron chi connectivity index (χ1n) is 5.08. The van der Waals surface area contributed by atoms with E-state index in [0.717, 1.165) is 6.42 Å². The standard InChI is InChI=1S/C14H15/c1-12-6-5-9-14(10-12)11-13-7-3-2-4-8-13/h2-10,14H,11H2,1H3. The molecule has 0 aliphatic heterocycles. The van der Waals surface area contributed by atoms with Crippen LogP contribution < -0.4 is 0 Å². The van der Waals surface area contributed by atoms with Gasteiger partial charge in [0.05, 0.1) is 0 Å². The second-order valence-electron chi connectivity index (χ2n) is 3.82. The average Bonchev–Trinajstić information content (AvgIpc) is 2.19. The largest absolute Gasteiger partial charge is 0.0806 e. The van der Waals surface area contributed by atoms with Gasteiger partial charge < -0.3 is 0 Å². The number of benzene rings is 1. The van der Waals surface area contributed by atoms with Crippen LogP contribution in [0.15, 0.2) is 54.1 Å². The first-order chi connectivity index (χ1) is 6.84. The normalized spacial score (nSPS) is 20.6. The van der Waals surface area contributed by atoms with Crippen molar-refractivity contribution in [3.63, 3.8) is 0 Å². The van der Waals surface area contributed by atoms with Gasteiger partial charge in [-0.05, 0) is 24.8 Å². The molecule has 1 radical (unpaired) electrons. The molecule has 0 N–H and O–H groups in total. The molecule has 0 heterocycles. The van der Waals surface area contributed by atoms with Gasteiger partial charge in [-0.3, -0.25) is 0 Å². The highest BCUT2D eigenvalue weighted by Crippen LogP contribution is 2.18. The lowest BCUT2D eigenvalue weighted by atomic mass is 9.92. The molecule has 1 aromatic carbocycles. The average molecular weight is 183 g/mol. The van der Waals surface area contributed by atoms with Gasteiger partial charge in [-0.1, -0.05) is 54.1 Å². The van der Waals surface area contributed by atoms with E-state index in [0.29, 0.717) is 5.92 Å². The smallest absolute Gasteiger partial charge is 0.00745 e. The summed E-state index contributed by atoms with van der Waals surface area (Å²) in [5.74, 6) is 0.572. The Kier molecular flexibility index (Phi) is 2.83. The molecule has 71 valence electrons. The van der Waals surface area contributed by atoms with Gasteiger partial charge in [0.25, 0.3) is 0 Å². The summed E-state index contributed by atoms with van der Waals surface area (Å²) >= 11 is 0. The van der Waals surface area contributed by atoms with Gasteiger partial charge in [0.15, 0.2) is 0 Å². The summed E-state index contributed by atoms with van der Waals surface area (Å²) in [7, 11) is 0. The Morgan fingerprint density at radius 2 is 1.93 bits per heavy atom. The first-order valence-corrected chi connectivity index (χ1v) is 5.08. The second kappa shape index (κ2) is 4.28. The Morgan fingerprint density at radius 3 is 2.64 bits per heavy atom. The van der Waals surface area contributed by atoms with Crippen molar-refractivity contribution in [3.8, 4) is 0 Å². The van der Waals surface area contributed by atoms with Gasteiger partial charge in [0.2, 0.25) is 0 Å². The summed E-state index contributed by atoms with van der Waals surface area (Å²) in [6, 6.07) is 10.6. The molecule has 0 saturated carbocycles. The van der Waals surface area contributed by atoms with Crippen molar-refractivity contribution >= 4 is 0 Å². The van der Waals surface area contributed by atoms with Crippen LogP contribution in [0.25, 0.3) is 0 Å². The molecule has 0 aromatic heterocycles. The molecule has 0 fully saturated rings. The van der Waals surface area contributed by atoms with Gasteiger partial charge in [0, 0.05) is 6.42 Å². The van der Waals surface area contributed by atoms with Crippen LogP contribution in [0.1, 0.15) is 12.5 Å². The van der Waals surface area contributed by atoms with Crippen LogP contribution in [-0.4, -0.2) is 0 Å². The molecule has 14 heavy (non-hydrogen) atoms. The molecule has 1 aliphatic carbocycles. The quantitative estimate of drug-likeness (QED) is 0.657. The molecule has 1 aliphatic rings. The van der Waals surface area contributed by atoms with Crippen molar-refractivity contribution in [3.05, 3.63) is 66.1 Å². The van der Waals surface area contributed by atoms with E-state index in [1.165, 1.54) is 11.1 Å². The Morgan fingerprint density at radius 1 is 1.14 bits per heavy atom. The number of allylic oxidation sites excluding steroid dienone is 4. The van der Waals surface area contributed by atoms with E-state index < -0.39 is 0 Å². The predicted molar refractivity (Wildman–Crippen MR) is 60.8 cm³/mol. The number of rotatable bonds is 2. The fourth-order valence-corrected chi connectivity index (χ4v) is 1.81. The summed E-state index contributed by atoms with van der Waals surface area (Å²) < 4.78 is 0. The van der Waals surface area contributed by atoms with Gasteiger partial charge in [-0.2, -0.15) is 0 Å². The Hall–Kier alpha value is -1.30. The minimum Gasteiger partial charge on any atom is -0.0806 e. The van der Waals surface area contributed by atoms with E-state index in [2.05, 4.69) is 61.9 Å². The van der Waals surface area contributed by atoms with Crippen molar-refractivity contribution in [2.24, 2.45) is 5.92 Å². The minimum atomic E-state index is 0.572. The Labute approximate surface area is 86.0 Å². The maximum absolute atomic E-state index is 2.33. The molecule has 0 nitrogen and oxygen atoms in total. The zero-order valence-corrected chi connectivity index (χ0v) is 8.48. The Bertz CT molecular complexity index is 344. The topological polar surface area (TPSA) is 0 Å². The van der Waals surface area contributed by atoms with E-state index in [-0.39, 0.29) is 0 Å². The maximum atomic E-state index is 2.33. The monoisotopic (exact) mass is 183 g/mol. The summed E-state index contributed by atoms with van der Waals surface area (Å²) in [5.41, 5.74) is 2.78. The summed E-state index contributed by atoms with van der Waals surface area (Å²) in [5, 5.41) is 0. The number of hydrogen-bond acceptors (Lipinski definition) is 0. The molecule has 0 saturated heterocycles. The molecule has 1 unspecified atom stereocenters. The van der Waals surface area contributed by atoms with E-state index in [4.69, 9.17) is 0 Å². The maximum Gasteiger partial charge on any atom is 0.00745 e. The zero-order chi connectivity index (χ0) is 9.80.